The number of hydrogen-bond acceptors (Lipinski definition) is 3. The molecular formula is C13H17BrN2O3S. The highest BCUT2D eigenvalue weighted by atomic mass is 79.9. The van der Waals surface area contributed by atoms with E-state index in [2.05, 4.69) is 20.7 Å². The number of fused-ring (bicyclic) bond motifs is 1. The molecule has 1 aliphatic rings. The quantitative estimate of drug-likeness (QED) is 0.820. The fourth-order valence-electron chi connectivity index (χ4n) is 2.30. The summed E-state index contributed by atoms with van der Waals surface area (Å²) >= 11 is 2.94. The van der Waals surface area contributed by atoms with Crippen LogP contribution in [0.1, 0.15) is 25.3 Å². The highest BCUT2D eigenvalue weighted by Gasteiger charge is 2.23. The molecule has 5 nitrogen and oxygen atoms in total. The number of aryl methyl sites for hydroxylation is 1. The molecular weight excluding hydrogens is 344 g/mol. The summed E-state index contributed by atoms with van der Waals surface area (Å²) in [6.07, 6.45) is 2.02. The van der Waals surface area contributed by atoms with Crippen molar-refractivity contribution in [2.75, 3.05) is 20.8 Å². The summed E-state index contributed by atoms with van der Waals surface area (Å²) in [4.78, 5) is 13.7. The Morgan fingerprint density at radius 2 is 2.10 bits per heavy atom. The lowest BCUT2D eigenvalue weighted by molar-refractivity contribution is -0.118. The minimum absolute atomic E-state index is 0.133. The largest absolute Gasteiger partial charge is 0.312 e. The van der Waals surface area contributed by atoms with Crippen molar-refractivity contribution < 1.29 is 13.2 Å². The third kappa shape index (κ3) is 3.32. The second kappa shape index (κ2) is 6.13. The van der Waals surface area contributed by atoms with E-state index in [1.165, 1.54) is 0 Å². The van der Waals surface area contributed by atoms with Crippen molar-refractivity contribution in [3.8, 4) is 0 Å². The van der Waals surface area contributed by atoms with Gasteiger partial charge in [-0.25, -0.2) is 8.42 Å². The van der Waals surface area contributed by atoms with E-state index in [1.54, 1.807) is 11.0 Å². The number of carbonyl (C=O) groups is 1. The van der Waals surface area contributed by atoms with Crippen LogP contribution in [0, 0.1) is 0 Å². The Kier molecular flexibility index (Phi) is 4.70. The van der Waals surface area contributed by atoms with E-state index in [9.17, 15) is 13.2 Å². The number of rotatable bonds is 5. The fraction of sp³-hybridized carbons (Fsp3) is 0.462. The minimum Gasteiger partial charge on any atom is -0.312 e. The van der Waals surface area contributed by atoms with E-state index in [4.69, 9.17) is 0 Å². The Balaban J connectivity index is 2.30. The maximum absolute atomic E-state index is 11.9. The zero-order valence-corrected chi connectivity index (χ0v) is 13.6. The molecule has 0 radical (unpaired) electrons. The van der Waals surface area contributed by atoms with Gasteiger partial charge in [0.1, 0.15) is 4.66 Å². The molecule has 1 heterocycles. The number of benzene rings is 1. The van der Waals surface area contributed by atoms with Crippen LogP contribution in [0.5, 0.6) is 0 Å². The number of sulfonamides is 1. The summed E-state index contributed by atoms with van der Waals surface area (Å²) < 4.78 is 25.4. The number of alkyl halides is 1. The molecule has 20 heavy (non-hydrogen) atoms. The molecule has 0 spiro atoms. The zero-order valence-electron chi connectivity index (χ0n) is 11.2. The van der Waals surface area contributed by atoms with E-state index >= 15 is 0 Å². The molecule has 1 N–H and O–H groups in total. The van der Waals surface area contributed by atoms with Crippen molar-refractivity contribution in [1.29, 1.82) is 0 Å². The van der Waals surface area contributed by atoms with Crippen LogP contribution < -0.4 is 9.62 Å². The number of carbonyl (C=O) groups excluding carboxylic acids is 1. The van der Waals surface area contributed by atoms with Crippen LogP contribution in [-0.2, 0) is 21.2 Å². The van der Waals surface area contributed by atoms with Gasteiger partial charge >= 0.3 is 0 Å². The van der Waals surface area contributed by atoms with Gasteiger partial charge in [-0.1, -0.05) is 22.9 Å². The normalized spacial score (nSPS) is 15.1. The van der Waals surface area contributed by atoms with Gasteiger partial charge in [0.05, 0.1) is 0 Å². The lowest BCUT2D eigenvalue weighted by Crippen LogP contribution is -2.35. The Morgan fingerprint density at radius 3 is 2.75 bits per heavy atom. The van der Waals surface area contributed by atoms with Crippen LogP contribution in [0.2, 0.25) is 0 Å². The summed E-state index contributed by atoms with van der Waals surface area (Å²) in [6, 6.07) is 5.32. The summed E-state index contributed by atoms with van der Waals surface area (Å²) in [5.41, 5.74) is 2.44. The minimum atomic E-state index is -3.35. The average molecular weight is 361 g/mol. The van der Waals surface area contributed by atoms with Crippen LogP contribution in [0.15, 0.2) is 18.2 Å². The monoisotopic (exact) mass is 360 g/mol. The first-order chi connectivity index (χ1) is 9.46. The first-order valence-electron chi connectivity index (χ1n) is 6.46. The maximum Gasteiger partial charge on any atom is 0.242 e. The SMILES string of the molecule is CCCN1C(=O)CCc2cc(NS(=O)(=O)CBr)ccc21. The van der Waals surface area contributed by atoms with Crippen molar-refractivity contribution in [1.82, 2.24) is 0 Å². The summed E-state index contributed by atoms with van der Waals surface area (Å²) in [6.45, 7) is 2.72. The third-order valence-electron chi connectivity index (χ3n) is 3.14. The Labute approximate surface area is 127 Å². The molecule has 0 bridgehead atoms. The molecule has 1 aliphatic heterocycles. The van der Waals surface area contributed by atoms with E-state index in [0.29, 0.717) is 25.1 Å². The Bertz CT molecular complexity index is 616. The van der Waals surface area contributed by atoms with Gasteiger partial charge in [0.25, 0.3) is 0 Å². The van der Waals surface area contributed by atoms with E-state index < -0.39 is 10.0 Å². The highest BCUT2D eigenvalue weighted by Crippen LogP contribution is 2.30. The summed E-state index contributed by atoms with van der Waals surface area (Å²) in [5.74, 6) is 0.133. The van der Waals surface area contributed by atoms with Crippen LogP contribution in [0.3, 0.4) is 0 Å². The van der Waals surface area contributed by atoms with Crippen LogP contribution in [-0.4, -0.2) is 25.5 Å². The lowest BCUT2D eigenvalue weighted by Gasteiger charge is -2.29. The van der Waals surface area contributed by atoms with Gasteiger partial charge < -0.3 is 4.90 Å². The number of nitrogens with zero attached hydrogens (tertiary/aromatic N) is 1. The molecule has 0 aliphatic carbocycles. The van der Waals surface area contributed by atoms with E-state index in [1.807, 2.05) is 19.1 Å². The molecule has 7 heteroatoms. The molecule has 0 fully saturated rings. The number of hydrogen-bond donors (Lipinski definition) is 1. The highest BCUT2D eigenvalue weighted by molar-refractivity contribution is 9.10. The second-order valence-electron chi connectivity index (χ2n) is 4.71. The van der Waals surface area contributed by atoms with Gasteiger partial charge in [0, 0.05) is 24.3 Å². The van der Waals surface area contributed by atoms with Crippen molar-refractivity contribution in [3.05, 3.63) is 23.8 Å². The predicted molar refractivity (Wildman–Crippen MR) is 83.7 cm³/mol. The maximum atomic E-state index is 11.9. The van der Waals surface area contributed by atoms with Crippen molar-refractivity contribution in [3.63, 3.8) is 0 Å². The van der Waals surface area contributed by atoms with Gasteiger partial charge in [0.15, 0.2) is 0 Å². The van der Waals surface area contributed by atoms with Crippen LogP contribution >= 0.6 is 15.9 Å². The lowest BCUT2D eigenvalue weighted by atomic mass is 10.0. The number of halogens is 1. The van der Waals surface area contributed by atoms with E-state index in [-0.39, 0.29) is 10.6 Å². The molecule has 1 aromatic carbocycles. The van der Waals surface area contributed by atoms with Crippen molar-refractivity contribution in [2.45, 2.75) is 26.2 Å². The fourth-order valence-corrected chi connectivity index (χ4v) is 3.18. The van der Waals surface area contributed by atoms with Gasteiger partial charge in [-0.15, -0.1) is 0 Å². The molecule has 1 aromatic rings. The molecule has 1 amide bonds. The average Bonchev–Trinajstić information content (AvgIpc) is 2.42. The zero-order chi connectivity index (χ0) is 14.8. The smallest absolute Gasteiger partial charge is 0.242 e. The van der Waals surface area contributed by atoms with Gasteiger partial charge in [-0.05, 0) is 36.6 Å². The molecule has 110 valence electrons. The Morgan fingerprint density at radius 1 is 1.35 bits per heavy atom. The van der Waals surface area contributed by atoms with Crippen molar-refractivity contribution >= 4 is 43.2 Å². The summed E-state index contributed by atoms with van der Waals surface area (Å²) in [7, 11) is -3.35. The number of nitrogens with one attached hydrogen (secondary N) is 1. The summed E-state index contributed by atoms with van der Waals surface area (Å²) in [5, 5.41) is 0. The van der Waals surface area contributed by atoms with Gasteiger partial charge in [-0.3, -0.25) is 9.52 Å². The third-order valence-corrected chi connectivity index (χ3v) is 5.79. The van der Waals surface area contributed by atoms with Crippen LogP contribution in [0.4, 0.5) is 11.4 Å². The molecule has 0 saturated carbocycles. The van der Waals surface area contributed by atoms with E-state index in [0.717, 1.165) is 17.7 Å². The first kappa shape index (κ1) is 15.3. The second-order valence-corrected chi connectivity index (χ2v) is 7.74. The number of amides is 1. The molecule has 0 saturated heterocycles. The molecule has 2 rings (SSSR count). The predicted octanol–water partition coefficient (Wildman–Crippen LogP) is 2.47. The van der Waals surface area contributed by atoms with Gasteiger partial charge in [0.2, 0.25) is 15.9 Å². The topological polar surface area (TPSA) is 66.5 Å². The molecule has 0 atom stereocenters. The first-order valence-corrected chi connectivity index (χ1v) is 9.24. The number of anilines is 2. The molecule has 0 aromatic heterocycles. The van der Waals surface area contributed by atoms with Crippen LogP contribution in [0.25, 0.3) is 0 Å². The standard InChI is InChI=1S/C13H17BrN2O3S/c1-2-7-16-12-5-4-11(15-20(18,19)9-14)8-10(12)3-6-13(16)17/h4-5,8,15H,2-3,6-7,9H2,1H3. The van der Waals surface area contributed by atoms with Crippen molar-refractivity contribution in [2.24, 2.45) is 0 Å². The van der Waals surface area contributed by atoms with Gasteiger partial charge in [-0.2, -0.15) is 0 Å². The molecule has 0 unspecified atom stereocenters. The Hall–Kier alpha value is -1.08.